The summed E-state index contributed by atoms with van der Waals surface area (Å²) in [6, 6.07) is 0.165. The molecule has 2 heterocycles. The van der Waals surface area contributed by atoms with Gasteiger partial charge in [-0.25, -0.2) is 9.78 Å². The van der Waals surface area contributed by atoms with Gasteiger partial charge in [-0.1, -0.05) is 26.7 Å². The maximum Gasteiger partial charge on any atom is 0.332 e. The number of rotatable bonds is 3. The van der Waals surface area contributed by atoms with Gasteiger partial charge in [0.1, 0.15) is 6.54 Å². The second-order valence-electron chi connectivity index (χ2n) is 7.19. The number of amides is 1. The third-order valence-electron chi connectivity index (χ3n) is 5.58. The fourth-order valence-electron chi connectivity index (χ4n) is 3.71. The third-order valence-corrected chi connectivity index (χ3v) is 5.58. The molecule has 25 heavy (non-hydrogen) atoms. The van der Waals surface area contributed by atoms with Crippen LogP contribution < -0.4 is 16.6 Å². The molecule has 0 spiro atoms. The second-order valence-corrected chi connectivity index (χ2v) is 7.19. The highest BCUT2D eigenvalue weighted by atomic mass is 16.2. The first kappa shape index (κ1) is 17.4. The highest BCUT2D eigenvalue weighted by molar-refractivity contribution is 5.79. The Morgan fingerprint density at radius 2 is 1.96 bits per heavy atom. The summed E-state index contributed by atoms with van der Waals surface area (Å²) in [4.78, 5) is 41.0. The van der Waals surface area contributed by atoms with Gasteiger partial charge in [-0.05, 0) is 18.3 Å². The van der Waals surface area contributed by atoms with Gasteiger partial charge in [-0.15, -0.1) is 0 Å². The Morgan fingerprint density at radius 3 is 2.68 bits per heavy atom. The molecule has 1 aliphatic rings. The highest BCUT2D eigenvalue weighted by Crippen LogP contribution is 2.29. The summed E-state index contributed by atoms with van der Waals surface area (Å²) in [5.41, 5.74) is -0.314. The van der Waals surface area contributed by atoms with E-state index in [1.54, 1.807) is 7.05 Å². The molecule has 1 N–H and O–H groups in total. The molecule has 0 bridgehead atoms. The minimum absolute atomic E-state index is 0.0154. The molecule has 3 atom stereocenters. The summed E-state index contributed by atoms with van der Waals surface area (Å²) in [5.74, 6) is 0.891. The number of hydrogen-bond acceptors (Lipinski definition) is 4. The fraction of sp³-hybridized carbons (Fsp3) is 0.647. The van der Waals surface area contributed by atoms with E-state index < -0.39 is 11.2 Å². The average Bonchev–Trinajstić information content (AvgIpc) is 2.99. The molecular weight excluding hydrogens is 322 g/mol. The zero-order chi connectivity index (χ0) is 18.3. The van der Waals surface area contributed by atoms with Gasteiger partial charge in [0, 0.05) is 20.1 Å². The largest absolute Gasteiger partial charge is 0.352 e. The van der Waals surface area contributed by atoms with Crippen LogP contribution in [0.4, 0.5) is 0 Å². The van der Waals surface area contributed by atoms with Gasteiger partial charge in [-0.3, -0.25) is 18.7 Å². The van der Waals surface area contributed by atoms with Crippen molar-refractivity contribution < 1.29 is 4.79 Å². The lowest BCUT2D eigenvalue weighted by atomic mass is 9.78. The minimum Gasteiger partial charge on any atom is -0.352 e. The Hall–Kier alpha value is -2.38. The molecule has 1 amide bonds. The average molecular weight is 347 g/mol. The number of nitrogens with one attached hydrogen (secondary N) is 1. The predicted octanol–water partition coefficient (Wildman–Crippen LogP) is 0.375. The first-order valence-electron chi connectivity index (χ1n) is 8.71. The lowest BCUT2D eigenvalue weighted by Crippen LogP contribution is -2.45. The molecule has 8 nitrogen and oxygen atoms in total. The first-order chi connectivity index (χ1) is 11.8. The quantitative estimate of drug-likeness (QED) is 0.869. The first-order valence-corrected chi connectivity index (χ1v) is 8.71. The maximum atomic E-state index is 12.5. The molecule has 136 valence electrons. The summed E-state index contributed by atoms with van der Waals surface area (Å²) in [6.45, 7) is 4.41. The highest BCUT2D eigenvalue weighted by Gasteiger charge is 2.28. The van der Waals surface area contributed by atoms with Crippen LogP contribution in [-0.4, -0.2) is 30.6 Å². The van der Waals surface area contributed by atoms with E-state index in [1.165, 1.54) is 28.9 Å². The van der Waals surface area contributed by atoms with Gasteiger partial charge in [-0.2, -0.15) is 0 Å². The summed E-state index contributed by atoms with van der Waals surface area (Å²) in [7, 11) is 2.99. The van der Waals surface area contributed by atoms with Gasteiger partial charge in [0.15, 0.2) is 11.2 Å². The Bertz CT molecular complexity index is 923. The van der Waals surface area contributed by atoms with Crippen molar-refractivity contribution in [3.63, 3.8) is 0 Å². The van der Waals surface area contributed by atoms with E-state index in [9.17, 15) is 14.4 Å². The fourth-order valence-corrected chi connectivity index (χ4v) is 3.71. The maximum absolute atomic E-state index is 12.5. The van der Waals surface area contributed by atoms with E-state index >= 15 is 0 Å². The molecule has 1 saturated carbocycles. The van der Waals surface area contributed by atoms with Crippen LogP contribution in [0.15, 0.2) is 15.9 Å². The summed E-state index contributed by atoms with van der Waals surface area (Å²) >= 11 is 0. The molecular formula is C17H25N5O3. The zero-order valence-corrected chi connectivity index (χ0v) is 15.2. The van der Waals surface area contributed by atoms with Crippen LogP contribution >= 0.6 is 0 Å². The number of carbonyl (C=O) groups excluding carboxylic acids is 1. The molecule has 1 aliphatic carbocycles. The van der Waals surface area contributed by atoms with Gasteiger partial charge >= 0.3 is 5.69 Å². The van der Waals surface area contributed by atoms with Gasteiger partial charge in [0.25, 0.3) is 5.56 Å². The standard InChI is InChI=1S/C17H25N5O3/c1-10-6-5-7-12(11(10)2)19-13(23)8-22-9-18-15-14(22)16(24)21(4)17(25)20(15)3/h9-12H,5-8H2,1-4H3,(H,19,23)/t10-,11+,12-/m1/s1. The third kappa shape index (κ3) is 3.01. The molecule has 3 rings (SSSR count). The normalized spacial score (nSPS) is 23.8. The number of aryl methyl sites for hydroxylation is 1. The molecule has 0 radical (unpaired) electrons. The predicted molar refractivity (Wildman–Crippen MR) is 94.3 cm³/mol. The molecule has 1 fully saturated rings. The summed E-state index contributed by atoms with van der Waals surface area (Å²) in [5, 5.41) is 3.10. The molecule has 2 aromatic heterocycles. The molecule has 2 aromatic rings. The molecule has 0 saturated heterocycles. The van der Waals surface area contributed by atoms with E-state index in [2.05, 4.69) is 24.1 Å². The van der Waals surface area contributed by atoms with Crippen LogP contribution in [0.5, 0.6) is 0 Å². The Labute approximate surface area is 145 Å². The number of fused-ring (bicyclic) bond motifs is 1. The van der Waals surface area contributed by atoms with Crippen LogP contribution in [0.2, 0.25) is 0 Å². The topological polar surface area (TPSA) is 90.9 Å². The molecule has 0 unspecified atom stereocenters. The Kier molecular flexibility index (Phi) is 4.53. The molecule has 0 aromatic carbocycles. The van der Waals surface area contributed by atoms with Crippen molar-refractivity contribution in [2.24, 2.45) is 25.9 Å². The van der Waals surface area contributed by atoms with Gasteiger partial charge in [0.05, 0.1) is 6.33 Å². The van der Waals surface area contributed by atoms with Gasteiger partial charge < -0.3 is 9.88 Å². The lowest BCUT2D eigenvalue weighted by Gasteiger charge is -2.34. The Morgan fingerprint density at radius 1 is 1.24 bits per heavy atom. The molecule has 8 heteroatoms. The van der Waals surface area contributed by atoms with Crippen molar-refractivity contribution in [1.82, 2.24) is 24.0 Å². The summed E-state index contributed by atoms with van der Waals surface area (Å²) in [6.07, 6.45) is 4.74. The van der Waals surface area contributed by atoms with Crippen molar-refractivity contribution >= 4 is 17.1 Å². The van der Waals surface area contributed by atoms with E-state index in [0.717, 1.165) is 17.4 Å². The van der Waals surface area contributed by atoms with Crippen LogP contribution in [0.25, 0.3) is 11.2 Å². The summed E-state index contributed by atoms with van der Waals surface area (Å²) < 4.78 is 3.86. The van der Waals surface area contributed by atoms with Crippen LogP contribution in [-0.2, 0) is 25.4 Å². The van der Waals surface area contributed by atoms with E-state index in [-0.39, 0.29) is 24.0 Å². The van der Waals surface area contributed by atoms with Gasteiger partial charge in [0.2, 0.25) is 5.91 Å². The Balaban J connectivity index is 1.85. The second kappa shape index (κ2) is 6.50. The minimum atomic E-state index is -0.442. The number of carbonyl (C=O) groups is 1. The number of imidazole rings is 1. The van der Waals surface area contributed by atoms with Crippen molar-refractivity contribution in [3.05, 3.63) is 27.2 Å². The van der Waals surface area contributed by atoms with Crippen molar-refractivity contribution in [1.29, 1.82) is 0 Å². The van der Waals surface area contributed by atoms with E-state index in [1.807, 2.05) is 0 Å². The number of hydrogen-bond donors (Lipinski definition) is 1. The van der Waals surface area contributed by atoms with E-state index in [4.69, 9.17) is 0 Å². The zero-order valence-electron chi connectivity index (χ0n) is 15.2. The van der Waals surface area contributed by atoms with Crippen molar-refractivity contribution in [3.8, 4) is 0 Å². The SMILES string of the molecule is C[C@H]1[C@H](C)CCC[C@H]1NC(=O)Cn1cnc2c1c(=O)n(C)c(=O)n2C. The monoisotopic (exact) mass is 347 g/mol. The number of nitrogens with zero attached hydrogens (tertiary/aromatic N) is 4. The molecule has 0 aliphatic heterocycles. The van der Waals surface area contributed by atoms with Crippen LogP contribution in [0.3, 0.4) is 0 Å². The van der Waals surface area contributed by atoms with Crippen molar-refractivity contribution in [2.75, 3.05) is 0 Å². The van der Waals surface area contributed by atoms with E-state index in [0.29, 0.717) is 17.5 Å². The number of aromatic nitrogens is 4. The van der Waals surface area contributed by atoms with Crippen LogP contribution in [0.1, 0.15) is 33.1 Å². The lowest BCUT2D eigenvalue weighted by molar-refractivity contribution is -0.123. The van der Waals surface area contributed by atoms with Crippen LogP contribution in [0, 0.1) is 11.8 Å². The smallest absolute Gasteiger partial charge is 0.332 e. The van der Waals surface area contributed by atoms with Crippen molar-refractivity contribution in [2.45, 2.75) is 45.7 Å².